The van der Waals surface area contributed by atoms with E-state index in [2.05, 4.69) is 35.8 Å². The number of aromatic nitrogens is 2. The van der Waals surface area contributed by atoms with E-state index >= 15 is 0 Å². The topological polar surface area (TPSA) is 52.6 Å². The summed E-state index contributed by atoms with van der Waals surface area (Å²) in [7, 11) is 6.16. The van der Waals surface area contributed by atoms with Crippen LogP contribution in [-0.4, -0.2) is 72.0 Å². The summed E-state index contributed by atoms with van der Waals surface area (Å²) < 4.78 is 0. The predicted molar refractivity (Wildman–Crippen MR) is 105 cm³/mol. The first-order valence-electron chi connectivity index (χ1n) is 9.92. The van der Waals surface area contributed by atoms with Gasteiger partial charge in [0.05, 0.1) is 0 Å². The number of carbonyl (C=O) groups excluding carboxylic acids is 1. The second-order valence-corrected chi connectivity index (χ2v) is 8.14. The van der Waals surface area contributed by atoms with Gasteiger partial charge in [-0.3, -0.25) is 4.79 Å². The SMILES string of the molecule is Cc1nc(C(=O)N(C)C2CCCCC2)nc(N2CC[C@@H](N(C)C)C2)c1C. The Bertz CT molecular complexity index is 654. The van der Waals surface area contributed by atoms with Crippen molar-refractivity contribution < 1.29 is 4.79 Å². The highest BCUT2D eigenvalue weighted by atomic mass is 16.2. The number of amides is 1. The molecule has 6 nitrogen and oxygen atoms in total. The summed E-state index contributed by atoms with van der Waals surface area (Å²) in [5.74, 6) is 1.25. The van der Waals surface area contributed by atoms with Crippen LogP contribution in [-0.2, 0) is 0 Å². The van der Waals surface area contributed by atoms with Crippen molar-refractivity contribution in [2.45, 2.75) is 64.5 Å². The Morgan fingerprint density at radius 1 is 1.00 bits per heavy atom. The first kappa shape index (κ1) is 19.1. The molecule has 2 heterocycles. The molecule has 1 aliphatic heterocycles. The van der Waals surface area contributed by atoms with Crippen LogP contribution in [0.5, 0.6) is 0 Å². The molecule has 144 valence electrons. The molecule has 1 amide bonds. The molecule has 0 spiro atoms. The van der Waals surface area contributed by atoms with Gasteiger partial charge in [-0.25, -0.2) is 9.97 Å². The highest BCUT2D eigenvalue weighted by molar-refractivity contribution is 5.91. The Balaban J connectivity index is 1.82. The van der Waals surface area contributed by atoms with E-state index in [0.717, 1.165) is 49.4 Å². The van der Waals surface area contributed by atoms with Crippen LogP contribution in [0.2, 0.25) is 0 Å². The molecule has 1 aromatic rings. The summed E-state index contributed by atoms with van der Waals surface area (Å²) in [4.78, 5) is 28.7. The van der Waals surface area contributed by atoms with Gasteiger partial charge in [-0.1, -0.05) is 19.3 Å². The van der Waals surface area contributed by atoms with Crippen LogP contribution < -0.4 is 4.90 Å². The molecule has 3 rings (SSSR count). The van der Waals surface area contributed by atoms with Crippen molar-refractivity contribution in [1.29, 1.82) is 0 Å². The minimum atomic E-state index is -0.0374. The van der Waals surface area contributed by atoms with E-state index in [1.165, 1.54) is 19.3 Å². The molecular weight excluding hydrogens is 326 g/mol. The molecule has 0 unspecified atom stereocenters. The molecule has 6 heteroatoms. The lowest BCUT2D eigenvalue weighted by Crippen LogP contribution is -2.39. The molecule has 0 aromatic carbocycles. The van der Waals surface area contributed by atoms with Crippen LogP contribution in [0, 0.1) is 13.8 Å². The molecule has 2 fully saturated rings. The van der Waals surface area contributed by atoms with Crippen molar-refractivity contribution in [3.05, 3.63) is 17.1 Å². The maximum Gasteiger partial charge on any atom is 0.291 e. The van der Waals surface area contributed by atoms with Gasteiger partial charge < -0.3 is 14.7 Å². The fourth-order valence-electron chi connectivity index (χ4n) is 4.16. The van der Waals surface area contributed by atoms with Crippen molar-refractivity contribution in [3.8, 4) is 0 Å². The van der Waals surface area contributed by atoms with Gasteiger partial charge in [0.25, 0.3) is 5.91 Å². The van der Waals surface area contributed by atoms with E-state index < -0.39 is 0 Å². The minimum absolute atomic E-state index is 0.0374. The Morgan fingerprint density at radius 2 is 1.69 bits per heavy atom. The molecule has 1 aliphatic carbocycles. The number of hydrogen-bond acceptors (Lipinski definition) is 5. The van der Waals surface area contributed by atoms with Crippen LogP contribution in [0.15, 0.2) is 0 Å². The average molecular weight is 360 g/mol. The predicted octanol–water partition coefficient (Wildman–Crippen LogP) is 2.64. The van der Waals surface area contributed by atoms with Crippen molar-refractivity contribution in [2.24, 2.45) is 0 Å². The normalized spacial score (nSPS) is 21.5. The van der Waals surface area contributed by atoms with Gasteiger partial charge in [-0.2, -0.15) is 0 Å². The quantitative estimate of drug-likeness (QED) is 0.827. The Morgan fingerprint density at radius 3 is 2.31 bits per heavy atom. The highest BCUT2D eigenvalue weighted by Gasteiger charge is 2.29. The van der Waals surface area contributed by atoms with Gasteiger partial charge in [-0.15, -0.1) is 0 Å². The van der Waals surface area contributed by atoms with Gasteiger partial charge in [0, 0.05) is 43.5 Å². The van der Waals surface area contributed by atoms with Crippen LogP contribution in [0.3, 0.4) is 0 Å². The summed E-state index contributed by atoms with van der Waals surface area (Å²) in [5.41, 5.74) is 1.99. The van der Waals surface area contributed by atoms with Gasteiger partial charge in [-0.05, 0) is 47.2 Å². The Hall–Kier alpha value is -1.69. The van der Waals surface area contributed by atoms with Gasteiger partial charge in [0.1, 0.15) is 5.82 Å². The van der Waals surface area contributed by atoms with E-state index in [9.17, 15) is 4.79 Å². The average Bonchev–Trinajstić information content (AvgIpc) is 3.13. The standard InChI is InChI=1S/C20H33N5O/c1-14-15(2)21-18(20(26)24(5)16-9-7-6-8-10-16)22-19(14)25-12-11-17(13-25)23(3)4/h16-17H,6-13H2,1-5H3/t17-/m1/s1. The highest BCUT2D eigenvalue weighted by Crippen LogP contribution is 2.27. The molecule has 0 N–H and O–H groups in total. The van der Waals surface area contributed by atoms with Gasteiger partial charge in [0.15, 0.2) is 0 Å². The van der Waals surface area contributed by atoms with Crippen LogP contribution in [0.25, 0.3) is 0 Å². The third-order valence-corrected chi connectivity index (χ3v) is 6.19. The molecule has 1 saturated carbocycles. The summed E-state index contributed by atoms with van der Waals surface area (Å²) in [5, 5.41) is 0. The third-order valence-electron chi connectivity index (χ3n) is 6.19. The lowest BCUT2D eigenvalue weighted by atomic mass is 9.94. The number of anilines is 1. The van der Waals surface area contributed by atoms with E-state index in [1.807, 2.05) is 18.9 Å². The zero-order valence-corrected chi connectivity index (χ0v) is 17.0. The molecule has 1 aromatic heterocycles. The Labute approximate surface area is 157 Å². The largest absolute Gasteiger partial charge is 0.355 e. The number of aryl methyl sites for hydroxylation is 1. The molecule has 1 saturated heterocycles. The molecule has 0 radical (unpaired) electrons. The summed E-state index contributed by atoms with van der Waals surface area (Å²) in [6, 6.07) is 0.864. The minimum Gasteiger partial charge on any atom is -0.355 e. The molecule has 1 atom stereocenters. The number of rotatable bonds is 4. The summed E-state index contributed by atoms with van der Waals surface area (Å²) in [6.45, 7) is 5.98. The molecule has 0 bridgehead atoms. The first-order valence-corrected chi connectivity index (χ1v) is 9.92. The van der Waals surface area contributed by atoms with Crippen molar-refractivity contribution in [2.75, 3.05) is 39.1 Å². The third kappa shape index (κ3) is 3.85. The van der Waals surface area contributed by atoms with Crippen LogP contribution in [0.4, 0.5) is 5.82 Å². The fourth-order valence-corrected chi connectivity index (χ4v) is 4.16. The van der Waals surface area contributed by atoms with Crippen LogP contribution >= 0.6 is 0 Å². The van der Waals surface area contributed by atoms with E-state index in [1.54, 1.807) is 0 Å². The number of nitrogens with zero attached hydrogens (tertiary/aromatic N) is 5. The van der Waals surface area contributed by atoms with Crippen LogP contribution in [0.1, 0.15) is 60.4 Å². The van der Waals surface area contributed by atoms with Crippen molar-refractivity contribution in [1.82, 2.24) is 19.8 Å². The zero-order valence-electron chi connectivity index (χ0n) is 17.0. The summed E-state index contributed by atoms with van der Waals surface area (Å²) in [6.07, 6.45) is 7.01. The molecular formula is C20H33N5O. The second-order valence-electron chi connectivity index (χ2n) is 8.14. The van der Waals surface area contributed by atoms with Gasteiger partial charge in [0.2, 0.25) is 5.82 Å². The lowest BCUT2D eigenvalue weighted by Gasteiger charge is -2.31. The maximum absolute atomic E-state index is 13.0. The fraction of sp³-hybridized carbons (Fsp3) is 0.750. The van der Waals surface area contributed by atoms with E-state index in [4.69, 9.17) is 4.98 Å². The number of hydrogen-bond donors (Lipinski definition) is 0. The monoisotopic (exact) mass is 359 g/mol. The molecule has 26 heavy (non-hydrogen) atoms. The van der Waals surface area contributed by atoms with Crippen molar-refractivity contribution >= 4 is 11.7 Å². The maximum atomic E-state index is 13.0. The van der Waals surface area contributed by atoms with E-state index in [-0.39, 0.29) is 5.91 Å². The zero-order chi connectivity index (χ0) is 18.8. The number of likely N-dealkylation sites (N-methyl/N-ethyl adjacent to an activating group) is 1. The Kier molecular flexibility index (Phi) is 5.80. The van der Waals surface area contributed by atoms with Crippen molar-refractivity contribution in [3.63, 3.8) is 0 Å². The summed E-state index contributed by atoms with van der Waals surface area (Å²) >= 11 is 0. The first-order chi connectivity index (χ1) is 12.4. The lowest BCUT2D eigenvalue weighted by molar-refractivity contribution is 0.0683. The molecule has 2 aliphatic rings. The van der Waals surface area contributed by atoms with Gasteiger partial charge >= 0.3 is 0 Å². The second kappa shape index (κ2) is 7.91. The number of carbonyl (C=O) groups is 1. The smallest absolute Gasteiger partial charge is 0.291 e. The van der Waals surface area contributed by atoms with E-state index in [0.29, 0.717) is 17.9 Å².